The smallest absolute Gasteiger partial charge is 0.00114 e. The number of hydrogen-bond donors (Lipinski definition) is 1. The molecule has 1 saturated heterocycles. The van der Waals surface area contributed by atoms with Crippen molar-refractivity contribution < 1.29 is 0 Å². The topological polar surface area (TPSA) is 12.0 Å². The van der Waals surface area contributed by atoms with Gasteiger partial charge in [0, 0.05) is 6.54 Å². The number of rotatable bonds is 3. The van der Waals surface area contributed by atoms with Gasteiger partial charge in [-0.05, 0) is 36.8 Å². The second-order valence-corrected chi connectivity index (χ2v) is 4.44. The Morgan fingerprint density at radius 3 is 2.64 bits per heavy atom. The minimum atomic E-state index is 0.529. The average molecular weight is 189 g/mol. The van der Waals surface area contributed by atoms with Gasteiger partial charge >= 0.3 is 0 Å². The molecular formula is C13H19N. The molecule has 1 aromatic carbocycles. The molecule has 1 aliphatic heterocycles. The van der Waals surface area contributed by atoms with E-state index >= 15 is 0 Å². The summed E-state index contributed by atoms with van der Waals surface area (Å²) in [5.74, 6) is 0. The maximum absolute atomic E-state index is 3.48. The first-order chi connectivity index (χ1) is 6.85. The molecule has 0 aliphatic carbocycles. The van der Waals surface area contributed by atoms with Gasteiger partial charge in [0.2, 0.25) is 0 Å². The maximum atomic E-state index is 3.48. The van der Waals surface area contributed by atoms with E-state index in [2.05, 4.69) is 42.6 Å². The Morgan fingerprint density at radius 1 is 1.29 bits per heavy atom. The highest BCUT2D eigenvalue weighted by molar-refractivity contribution is 5.17. The molecule has 1 nitrogen and oxygen atoms in total. The van der Waals surface area contributed by atoms with Gasteiger partial charge in [-0.15, -0.1) is 0 Å². The average Bonchev–Trinajstić information content (AvgIpc) is 2.69. The van der Waals surface area contributed by atoms with E-state index in [1.54, 1.807) is 0 Å². The number of hydrogen-bond acceptors (Lipinski definition) is 1. The molecule has 0 spiro atoms. The Balaban J connectivity index is 2.08. The Kier molecular flexibility index (Phi) is 2.87. The molecule has 1 fully saturated rings. The first kappa shape index (κ1) is 9.72. The Labute approximate surface area is 86.5 Å². The SMILES string of the molecule is CC[C@@]1(Cc2ccccc2)CCNC1. The van der Waals surface area contributed by atoms with E-state index in [9.17, 15) is 0 Å². The lowest BCUT2D eigenvalue weighted by molar-refractivity contribution is 0.307. The number of nitrogens with one attached hydrogen (secondary N) is 1. The van der Waals surface area contributed by atoms with Crippen LogP contribution < -0.4 is 5.32 Å². The summed E-state index contributed by atoms with van der Waals surface area (Å²) in [5, 5.41) is 3.48. The van der Waals surface area contributed by atoms with Crippen LogP contribution in [0.15, 0.2) is 30.3 Å². The van der Waals surface area contributed by atoms with Crippen molar-refractivity contribution >= 4 is 0 Å². The highest BCUT2D eigenvalue weighted by Gasteiger charge is 2.31. The third-order valence-electron chi connectivity index (χ3n) is 3.50. The fraction of sp³-hybridized carbons (Fsp3) is 0.538. The summed E-state index contributed by atoms with van der Waals surface area (Å²) >= 11 is 0. The van der Waals surface area contributed by atoms with Gasteiger partial charge in [-0.25, -0.2) is 0 Å². The zero-order valence-corrected chi connectivity index (χ0v) is 8.92. The minimum Gasteiger partial charge on any atom is -0.316 e. The van der Waals surface area contributed by atoms with Crippen LogP contribution >= 0.6 is 0 Å². The summed E-state index contributed by atoms with van der Waals surface area (Å²) in [7, 11) is 0. The zero-order chi connectivity index (χ0) is 9.86. The van der Waals surface area contributed by atoms with Gasteiger partial charge in [-0.1, -0.05) is 37.3 Å². The van der Waals surface area contributed by atoms with Gasteiger partial charge in [0.25, 0.3) is 0 Å². The lowest BCUT2D eigenvalue weighted by Gasteiger charge is -2.26. The first-order valence-corrected chi connectivity index (χ1v) is 5.59. The van der Waals surface area contributed by atoms with E-state index in [-0.39, 0.29) is 0 Å². The van der Waals surface area contributed by atoms with Crippen LogP contribution in [-0.2, 0) is 6.42 Å². The fourth-order valence-electron chi connectivity index (χ4n) is 2.40. The van der Waals surface area contributed by atoms with Crippen LogP contribution in [0, 0.1) is 5.41 Å². The van der Waals surface area contributed by atoms with Gasteiger partial charge in [0.05, 0.1) is 0 Å². The van der Waals surface area contributed by atoms with Crippen LogP contribution in [0.5, 0.6) is 0 Å². The van der Waals surface area contributed by atoms with Crippen molar-refractivity contribution in [1.82, 2.24) is 5.32 Å². The van der Waals surface area contributed by atoms with Crippen LogP contribution in [0.1, 0.15) is 25.3 Å². The van der Waals surface area contributed by atoms with E-state index in [0.29, 0.717) is 5.41 Å². The standard InChI is InChI=1S/C13H19N/c1-2-13(8-9-14-11-13)10-12-6-4-3-5-7-12/h3-7,14H,2,8-11H2,1H3/t13-/m0/s1. The molecule has 1 atom stereocenters. The second kappa shape index (κ2) is 4.14. The molecule has 1 aromatic rings. The fourth-order valence-corrected chi connectivity index (χ4v) is 2.40. The lowest BCUT2D eigenvalue weighted by Crippen LogP contribution is -2.25. The maximum Gasteiger partial charge on any atom is 0.00114 e. The molecule has 0 radical (unpaired) electrons. The first-order valence-electron chi connectivity index (χ1n) is 5.59. The molecule has 76 valence electrons. The molecule has 0 bridgehead atoms. The van der Waals surface area contributed by atoms with Crippen molar-refractivity contribution in [2.75, 3.05) is 13.1 Å². The Bertz CT molecular complexity index is 273. The quantitative estimate of drug-likeness (QED) is 0.770. The molecule has 2 rings (SSSR count). The predicted octanol–water partition coefficient (Wildman–Crippen LogP) is 2.62. The molecule has 1 heteroatoms. The van der Waals surface area contributed by atoms with Crippen molar-refractivity contribution in [3.8, 4) is 0 Å². The highest BCUT2D eigenvalue weighted by atomic mass is 14.9. The molecule has 14 heavy (non-hydrogen) atoms. The third-order valence-corrected chi connectivity index (χ3v) is 3.50. The van der Waals surface area contributed by atoms with Crippen LogP contribution in [0.2, 0.25) is 0 Å². The van der Waals surface area contributed by atoms with Crippen molar-refractivity contribution in [2.24, 2.45) is 5.41 Å². The molecule has 1 N–H and O–H groups in total. The summed E-state index contributed by atoms with van der Waals surface area (Å²) in [6, 6.07) is 10.9. The number of benzene rings is 1. The molecule has 0 saturated carbocycles. The monoisotopic (exact) mass is 189 g/mol. The molecule has 0 amide bonds. The summed E-state index contributed by atoms with van der Waals surface area (Å²) in [6.07, 6.45) is 3.85. The zero-order valence-electron chi connectivity index (χ0n) is 8.92. The van der Waals surface area contributed by atoms with E-state index in [4.69, 9.17) is 0 Å². The van der Waals surface area contributed by atoms with E-state index in [1.807, 2.05) is 0 Å². The van der Waals surface area contributed by atoms with Gasteiger partial charge in [0.1, 0.15) is 0 Å². The highest BCUT2D eigenvalue weighted by Crippen LogP contribution is 2.33. The van der Waals surface area contributed by atoms with Crippen LogP contribution in [0.3, 0.4) is 0 Å². The summed E-state index contributed by atoms with van der Waals surface area (Å²) in [4.78, 5) is 0. The minimum absolute atomic E-state index is 0.529. The van der Waals surface area contributed by atoms with Gasteiger partial charge in [0.15, 0.2) is 0 Å². The van der Waals surface area contributed by atoms with E-state index in [1.165, 1.54) is 37.9 Å². The van der Waals surface area contributed by atoms with E-state index in [0.717, 1.165) is 0 Å². The molecule has 0 aromatic heterocycles. The van der Waals surface area contributed by atoms with Crippen molar-refractivity contribution in [3.63, 3.8) is 0 Å². The molecule has 1 heterocycles. The Hall–Kier alpha value is -0.820. The molecular weight excluding hydrogens is 170 g/mol. The molecule has 1 aliphatic rings. The van der Waals surface area contributed by atoms with Crippen LogP contribution in [0.25, 0.3) is 0 Å². The lowest BCUT2D eigenvalue weighted by atomic mass is 9.78. The van der Waals surface area contributed by atoms with Gasteiger partial charge in [-0.3, -0.25) is 0 Å². The van der Waals surface area contributed by atoms with Gasteiger partial charge < -0.3 is 5.32 Å². The van der Waals surface area contributed by atoms with Crippen LogP contribution in [0.4, 0.5) is 0 Å². The van der Waals surface area contributed by atoms with Crippen molar-refractivity contribution in [2.45, 2.75) is 26.2 Å². The summed E-state index contributed by atoms with van der Waals surface area (Å²) < 4.78 is 0. The summed E-state index contributed by atoms with van der Waals surface area (Å²) in [6.45, 7) is 4.70. The largest absolute Gasteiger partial charge is 0.316 e. The normalized spacial score (nSPS) is 26.6. The summed E-state index contributed by atoms with van der Waals surface area (Å²) in [5.41, 5.74) is 2.01. The Morgan fingerprint density at radius 2 is 2.07 bits per heavy atom. The van der Waals surface area contributed by atoms with Crippen molar-refractivity contribution in [3.05, 3.63) is 35.9 Å². The second-order valence-electron chi connectivity index (χ2n) is 4.44. The van der Waals surface area contributed by atoms with E-state index < -0.39 is 0 Å². The van der Waals surface area contributed by atoms with Crippen LogP contribution in [-0.4, -0.2) is 13.1 Å². The van der Waals surface area contributed by atoms with Gasteiger partial charge in [-0.2, -0.15) is 0 Å². The van der Waals surface area contributed by atoms with Crippen molar-refractivity contribution in [1.29, 1.82) is 0 Å². The third kappa shape index (κ3) is 1.98. The molecule has 0 unspecified atom stereocenters. The predicted molar refractivity (Wildman–Crippen MR) is 60.4 cm³/mol.